The molecule has 8 atom stereocenters. The van der Waals surface area contributed by atoms with Crippen molar-refractivity contribution in [2.45, 2.75) is 120 Å². The van der Waals surface area contributed by atoms with Gasteiger partial charge >= 0.3 is 12.3 Å². The van der Waals surface area contributed by atoms with Crippen LogP contribution in [0.4, 0.5) is 48.3 Å². The van der Waals surface area contributed by atoms with E-state index < -0.39 is 111 Å². The zero-order chi connectivity index (χ0) is 28.9. The van der Waals surface area contributed by atoms with Crippen LogP contribution < -0.4 is 0 Å². The van der Waals surface area contributed by atoms with Crippen molar-refractivity contribution in [3.05, 3.63) is 0 Å². The van der Waals surface area contributed by atoms with Gasteiger partial charge in [0.15, 0.2) is 0 Å². The molecule has 13 heteroatoms. The molecule has 0 radical (unpaired) electrons. The average Bonchev–Trinajstić information content (AvgIpc) is 2.76. The predicted molar refractivity (Wildman–Crippen MR) is 119 cm³/mol. The van der Waals surface area contributed by atoms with Gasteiger partial charge in [0.05, 0.1) is 12.2 Å². The molecule has 4 fully saturated rings. The first-order valence-electron chi connectivity index (χ1n) is 13.7. The number of rotatable bonds is 5. The topological polar surface area (TPSA) is 18.5 Å². The lowest BCUT2D eigenvalue weighted by atomic mass is 9.65. The second-order valence-electron chi connectivity index (χ2n) is 12.1. The van der Waals surface area contributed by atoms with Crippen LogP contribution in [-0.2, 0) is 9.47 Å². The average molecular weight is 589 g/mol. The summed E-state index contributed by atoms with van der Waals surface area (Å²) >= 11 is 0. The molecule has 39 heavy (non-hydrogen) atoms. The molecule has 2 nitrogen and oxygen atoms in total. The molecular weight excluding hydrogens is 553 g/mol. The minimum atomic E-state index is -5.23. The lowest BCUT2D eigenvalue weighted by molar-refractivity contribution is -0.328. The van der Waals surface area contributed by atoms with Crippen molar-refractivity contribution in [2.75, 3.05) is 6.61 Å². The zero-order valence-electron chi connectivity index (χ0n) is 21.4. The smallest absolute Gasteiger partial charge is 0.378 e. The minimum Gasteiger partial charge on any atom is -0.378 e. The van der Waals surface area contributed by atoms with Crippen LogP contribution in [0.5, 0.6) is 0 Å². The molecule has 4 aliphatic rings. The highest BCUT2D eigenvalue weighted by Crippen LogP contribution is 2.51. The number of alkyl halides is 11. The Morgan fingerprint density at radius 1 is 0.615 bits per heavy atom. The van der Waals surface area contributed by atoms with Crippen LogP contribution in [-0.4, -0.2) is 68.1 Å². The van der Waals surface area contributed by atoms with E-state index in [0.717, 1.165) is 6.42 Å². The van der Waals surface area contributed by atoms with Crippen molar-refractivity contribution < 1.29 is 57.8 Å². The Bertz CT molecular complexity index is 769. The predicted octanol–water partition coefficient (Wildman–Crippen LogP) is 7.83. The van der Waals surface area contributed by atoms with Crippen LogP contribution >= 0.6 is 0 Å². The summed E-state index contributed by atoms with van der Waals surface area (Å²) in [5.74, 6) is -8.38. The van der Waals surface area contributed by atoms with Crippen LogP contribution in [0.25, 0.3) is 0 Å². The fourth-order valence-electron chi connectivity index (χ4n) is 7.24. The molecule has 0 spiro atoms. The highest BCUT2D eigenvalue weighted by Gasteiger charge is 2.60. The van der Waals surface area contributed by atoms with E-state index in [-0.39, 0.29) is 18.9 Å². The van der Waals surface area contributed by atoms with Crippen LogP contribution in [0, 0.1) is 35.5 Å². The molecule has 0 bridgehead atoms. The molecule has 8 unspecified atom stereocenters. The van der Waals surface area contributed by atoms with Crippen molar-refractivity contribution in [3.63, 3.8) is 0 Å². The summed E-state index contributed by atoms with van der Waals surface area (Å²) < 4.78 is 167. The van der Waals surface area contributed by atoms with E-state index >= 15 is 17.6 Å². The van der Waals surface area contributed by atoms with Crippen LogP contribution in [0.2, 0.25) is 0 Å². The van der Waals surface area contributed by atoms with Gasteiger partial charge in [-0.3, -0.25) is 0 Å². The van der Waals surface area contributed by atoms with E-state index in [9.17, 15) is 30.7 Å². The minimum absolute atomic E-state index is 0.0629. The number of hydrogen-bond acceptors (Lipinski definition) is 2. The van der Waals surface area contributed by atoms with E-state index in [0.29, 0.717) is 18.9 Å². The summed E-state index contributed by atoms with van der Waals surface area (Å²) in [7, 11) is 0. The van der Waals surface area contributed by atoms with Gasteiger partial charge in [-0.1, -0.05) is 6.92 Å². The molecule has 0 N–H and O–H groups in total. The Morgan fingerprint density at radius 2 is 1.10 bits per heavy atom. The SMILES string of the molecule is CC1CCC(C2CC(F)C(C3CC(F)C(C(F)(F)OC4CC(F)C(C(F)(F)F)C(F)C4)C(F)C3)C(F)C2)OC1. The van der Waals surface area contributed by atoms with Gasteiger partial charge in [-0.2, -0.15) is 22.0 Å². The van der Waals surface area contributed by atoms with Crippen LogP contribution in [0.3, 0.4) is 0 Å². The van der Waals surface area contributed by atoms with Crippen molar-refractivity contribution in [1.29, 1.82) is 0 Å². The number of halogens is 11. The standard InChI is InChI=1S/C26H35F11O2/c1-11-2-3-21(38-10-11)12-4-15(27)22(16(28)5-12)13-6-17(29)24(18(30)7-13)26(36,37)39-14-8-19(31)23(20(32)9-14)25(33,34)35/h11-24H,2-10H2,1H3. The Labute approximate surface area is 220 Å². The maximum absolute atomic E-state index is 15.2. The van der Waals surface area contributed by atoms with Gasteiger partial charge in [-0.15, -0.1) is 0 Å². The summed E-state index contributed by atoms with van der Waals surface area (Å²) in [6.45, 7) is 2.48. The third-order valence-electron chi connectivity index (χ3n) is 9.18. The van der Waals surface area contributed by atoms with E-state index in [1.54, 1.807) is 0 Å². The van der Waals surface area contributed by atoms with E-state index in [1.807, 2.05) is 6.92 Å². The molecule has 0 amide bonds. The zero-order valence-corrected chi connectivity index (χ0v) is 21.4. The summed E-state index contributed by atoms with van der Waals surface area (Å²) in [6, 6.07) is 0. The van der Waals surface area contributed by atoms with Gasteiger partial charge in [-0.05, 0) is 56.3 Å². The molecule has 3 saturated carbocycles. The van der Waals surface area contributed by atoms with E-state index in [4.69, 9.17) is 4.74 Å². The van der Waals surface area contributed by atoms with Gasteiger partial charge in [0, 0.05) is 25.4 Å². The fraction of sp³-hybridized carbons (Fsp3) is 1.00. The van der Waals surface area contributed by atoms with Crippen LogP contribution in [0.1, 0.15) is 58.3 Å². The molecule has 4 rings (SSSR count). The molecule has 0 aromatic rings. The molecule has 3 aliphatic carbocycles. The first kappa shape index (κ1) is 31.1. The van der Waals surface area contributed by atoms with Crippen molar-refractivity contribution in [3.8, 4) is 0 Å². The quantitative estimate of drug-likeness (QED) is 0.305. The highest BCUT2D eigenvalue weighted by atomic mass is 19.4. The molecule has 228 valence electrons. The van der Waals surface area contributed by atoms with Crippen LogP contribution in [0.15, 0.2) is 0 Å². The summed E-state index contributed by atoms with van der Waals surface area (Å²) in [4.78, 5) is 0. The first-order valence-corrected chi connectivity index (χ1v) is 13.7. The molecule has 1 heterocycles. The Hall–Kier alpha value is -0.850. The lowest BCUT2D eigenvalue weighted by Gasteiger charge is -2.46. The summed E-state index contributed by atoms with van der Waals surface area (Å²) in [5.41, 5.74) is 0. The molecule has 1 saturated heterocycles. The third kappa shape index (κ3) is 6.80. The van der Waals surface area contributed by atoms with E-state index in [1.165, 1.54) is 0 Å². The Kier molecular flexibility index (Phi) is 9.41. The van der Waals surface area contributed by atoms with Crippen molar-refractivity contribution in [2.24, 2.45) is 35.5 Å². The van der Waals surface area contributed by atoms with Gasteiger partial charge in [-0.25, -0.2) is 26.3 Å². The molecule has 0 aromatic carbocycles. The fourth-order valence-corrected chi connectivity index (χ4v) is 7.24. The Morgan fingerprint density at radius 3 is 1.56 bits per heavy atom. The van der Waals surface area contributed by atoms with Gasteiger partial charge in [0.1, 0.15) is 48.9 Å². The third-order valence-corrected chi connectivity index (χ3v) is 9.18. The summed E-state index contributed by atoms with van der Waals surface area (Å²) in [5, 5.41) is 0. The number of ether oxygens (including phenoxy) is 2. The summed E-state index contributed by atoms with van der Waals surface area (Å²) in [6.07, 6.45) is -29.2. The molecule has 0 aromatic heterocycles. The Balaban J connectivity index is 1.36. The second kappa shape index (κ2) is 11.8. The van der Waals surface area contributed by atoms with E-state index in [2.05, 4.69) is 4.74 Å². The largest absolute Gasteiger partial charge is 0.397 e. The maximum atomic E-state index is 15.2. The normalized spacial score (nSPS) is 48.6. The maximum Gasteiger partial charge on any atom is 0.397 e. The molecule has 1 aliphatic heterocycles. The monoisotopic (exact) mass is 588 g/mol. The highest BCUT2D eigenvalue weighted by molar-refractivity contribution is 5.00. The number of hydrogen-bond donors (Lipinski definition) is 0. The molecular formula is C26H35F11O2. The lowest BCUT2D eigenvalue weighted by Crippen LogP contribution is -2.54. The van der Waals surface area contributed by atoms with Crippen molar-refractivity contribution >= 4 is 0 Å². The van der Waals surface area contributed by atoms with Gasteiger partial charge in [0.2, 0.25) is 0 Å². The second-order valence-corrected chi connectivity index (χ2v) is 12.1. The first-order chi connectivity index (χ1) is 18.1. The van der Waals surface area contributed by atoms with Gasteiger partial charge in [0.25, 0.3) is 0 Å². The van der Waals surface area contributed by atoms with Gasteiger partial charge < -0.3 is 9.47 Å². The van der Waals surface area contributed by atoms with Crippen molar-refractivity contribution in [1.82, 2.24) is 0 Å².